The van der Waals surface area contributed by atoms with E-state index in [4.69, 9.17) is 11.6 Å². The number of likely N-dealkylation sites (tertiary alicyclic amines) is 1. The molecule has 1 aromatic carbocycles. The highest BCUT2D eigenvalue weighted by Gasteiger charge is 2.19. The molecular formula is C16H19ClN4. The molecule has 0 radical (unpaired) electrons. The number of hydrogen-bond acceptors (Lipinski definition) is 4. The van der Waals surface area contributed by atoms with E-state index < -0.39 is 0 Å². The van der Waals surface area contributed by atoms with Crippen molar-refractivity contribution in [1.29, 1.82) is 0 Å². The molecule has 0 bridgehead atoms. The minimum Gasteiger partial charge on any atom is -0.361 e. The van der Waals surface area contributed by atoms with Crippen molar-refractivity contribution < 1.29 is 0 Å². The van der Waals surface area contributed by atoms with Gasteiger partial charge in [-0.1, -0.05) is 41.9 Å². The lowest BCUT2D eigenvalue weighted by Gasteiger charge is -2.25. The normalized spacial score (nSPS) is 16.8. The fourth-order valence-corrected chi connectivity index (χ4v) is 2.88. The smallest absolute Gasteiger partial charge is 0.149 e. The molecule has 3 rings (SSSR count). The Balaban J connectivity index is 1.78. The summed E-state index contributed by atoms with van der Waals surface area (Å²) in [6.07, 6.45) is 5.84. The number of aromatic nitrogens is 2. The van der Waals surface area contributed by atoms with Gasteiger partial charge in [-0.05, 0) is 31.5 Å². The first-order valence-electron chi connectivity index (χ1n) is 7.32. The van der Waals surface area contributed by atoms with Crippen LogP contribution in [0.1, 0.15) is 24.4 Å². The summed E-state index contributed by atoms with van der Waals surface area (Å²) in [4.78, 5) is 10.9. The molecule has 0 saturated carbocycles. The molecule has 1 aliphatic heterocycles. The van der Waals surface area contributed by atoms with E-state index in [1.165, 1.54) is 31.5 Å². The highest BCUT2D eigenvalue weighted by molar-refractivity contribution is 6.29. The quantitative estimate of drug-likeness (QED) is 0.919. The van der Waals surface area contributed by atoms with Crippen LogP contribution in [0.25, 0.3) is 0 Å². The lowest BCUT2D eigenvalue weighted by atomic mass is 10.1. The number of nitrogens with one attached hydrogen (secondary N) is 1. The summed E-state index contributed by atoms with van der Waals surface area (Å²) >= 11 is 5.92. The average Bonchev–Trinajstić information content (AvgIpc) is 3.01. The summed E-state index contributed by atoms with van der Waals surface area (Å²) < 4.78 is 0. The minimum absolute atomic E-state index is 0.192. The molecule has 0 aliphatic carbocycles. The van der Waals surface area contributed by atoms with E-state index in [1.807, 2.05) is 6.07 Å². The molecule has 5 heteroatoms. The van der Waals surface area contributed by atoms with E-state index in [0.29, 0.717) is 5.15 Å². The average molecular weight is 303 g/mol. The van der Waals surface area contributed by atoms with Crippen LogP contribution in [0.5, 0.6) is 0 Å². The molecule has 21 heavy (non-hydrogen) atoms. The van der Waals surface area contributed by atoms with Gasteiger partial charge < -0.3 is 10.2 Å². The maximum absolute atomic E-state index is 5.92. The van der Waals surface area contributed by atoms with Crippen molar-refractivity contribution in [2.75, 3.05) is 25.0 Å². The summed E-state index contributed by atoms with van der Waals surface area (Å²) in [5, 5.41) is 3.87. The van der Waals surface area contributed by atoms with Crippen molar-refractivity contribution in [3.8, 4) is 0 Å². The Morgan fingerprint density at radius 2 is 1.90 bits per heavy atom. The lowest BCUT2D eigenvalue weighted by molar-refractivity contribution is 0.323. The third-order valence-corrected chi connectivity index (χ3v) is 3.95. The maximum atomic E-state index is 5.92. The zero-order chi connectivity index (χ0) is 14.5. The second-order valence-electron chi connectivity index (χ2n) is 5.34. The van der Waals surface area contributed by atoms with Gasteiger partial charge in [-0.15, -0.1) is 0 Å². The Kier molecular flexibility index (Phi) is 4.68. The fourth-order valence-electron chi connectivity index (χ4n) is 2.73. The number of hydrogen-bond donors (Lipinski definition) is 1. The van der Waals surface area contributed by atoms with Crippen molar-refractivity contribution in [1.82, 2.24) is 14.9 Å². The van der Waals surface area contributed by atoms with Gasteiger partial charge in [-0.3, -0.25) is 4.98 Å². The fraction of sp³-hybridized carbons (Fsp3) is 0.375. The monoisotopic (exact) mass is 302 g/mol. The van der Waals surface area contributed by atoms with Crippen molar-refractivity contribution in [3.63, 3.8) is 0 Å². The predicted octanol–water partition coefficient (Wildman–Crippen LogP) is 3.38. The van der Waals surface area contributed by atoms with E-state index >= 15 is 0 Å². The van der Waals surface area contributed by atoms with E-state index in [1.54, 1.807) is 12.4 Å². The lowest BCUT2D eigenvalue weighted by Crippen LogP contribution is -2.29. The molecule has 0 amide bonds. The summed E-state index contributed by atoms with van der Waals surface area (Å²) in [5.74, 6) is 0.718. The number of nitrogens with zero attached hydrogens (tertiary/aromatic N) is 3. The standard InChI is InChI=1S/C16H19ClN4/c17-15-10-18-11-16(20-15)19-14(12-21-8-4-5-9-21)13-6-2-1-3-7-13/h1-3,6-7,10-11,14H,4-5,8-9,12H2,(H,19,20). The van der Waals surface area contributed by atoms with E-state index in [0.717, 1.165) is 12.4 Å². The van der Waals surface area contributed by atoms with Crippen LogP contribution < -0.4 is 5.32 Å². The number of halogens is 1. The van der Waals surface area contributed by atoms with Crippen molar-refractivity contribution in [2.45, 2.75) is 18.9 Å². The minimum atomic E-state index is 0.192. The summed E-state index contributed by atoms with van der Waals surface area (Å²) in [6.45, 7) is 3.32. The molecule has 1 fully saturated rings. The van der Waals surface area contributed by atoms with Gasteiger partial charge in [0, 0.05) is 6.54 Å². The first kappa shape index (κ1) is 14.3. The third kappa shape index (κ3) is 3.93. The number of anilines is 1. The molecule has 2 aromatic rings. The molecular weight excluding hydrogens is 284 g/mol. The Bertz CT molecular complexity index is 569. The van der Waals surface area contributed by atoms with E-state index in [9.17, 15) is 0 Å². The van der Waals surface area contributed by atoms with Gasteiger partial charge in [0.15, 0.2) is 0 Å². The molecule has 1 N–H and O–H groups in total. The van der Waals surface area contributed by atoms with Crippen molar-refractivity contribution in [2.24, 2.45) is 0 Å². The number of benzene rings is 1. The van der Waals surface area contributed by atoms with Gasteiger partial charge in [0.1, 0.15) is 11.0 Å². The second-order valence-corrected chi connectivity index (χ2v) is 5.73. The van der Waals surface area contributed by atoms with Crippen LogP contribution in [0.2, 0.25) is 5.15 Å². The third-order valence-electron chi connectivity index (χ3n) is 3.77. The van der Waals surface area contributed by atoms with Gasteiger partial charge in [0.05, 0.1) is 18.4 Å². The van der Waals surface area contributed by atoms with Gasteiger partial charge >= 0.3 is 0 Å². The van der Waals surface area contributed by atoms with Gasteiger partial charge in [0.2, 0.25) is 0 Å². The van der Waals surface area contributed by atoms with Crippen LogP contribution in [0.4, 0.5) is 5.82 Å². The zero-order valence-electron chi connectivity index (χ0n) is 11.9. The molecule has 0 spiro atoms. The first-order chi connectivity index (χ1) is 10.3. The molecule has 1 atom stereocenters. The van der Waals surface area contributed by atoms with Crippen LogP contribution in [0.15, 0.2) is 42.7 Å². The first-order valence-corrected chi connectivity index (χ1v) is 7.70. The largest absolute Gasteiger partial charge is 0.361 e. The summed E-state index contributed by atoms with van der Waals surface area (Å²) in [7, 11) is 0. The molecule has 1 unspecified atom stereocenters. The van der Waals surface area contributed by atoms with Gasteiger partial charge in [-0.25, -0.2) is 4.98 Å². The van der Waals surface area contributed by atoms with Crippen LogP contribution in [0, 0.1) is 0 Å². The predicted molar refractivity (Wildman–Crippen MR) is 85.5 cm³/mol. The highest BCUT2D eigenvalue weighted by atomic mass is 35.5. The molecule has 110 valence electrons. The Morgan fingerprint density at radius 3 is 2.62 bits per heavy atom. The highest BCUT2D eigenvalue weighted by Crippen LogP contribution is 2.22. The van der Waals surface area contributed by atoms with Crippen LogP contribution in [0.3, 0.4) is 0 Å². The number of rotatable bonds is 5. The van der Waals surface area contributed by atoms with Crippen LogP contribution in [-0.4, -0.2) is 34.5 Å². The molecule has 2 heterocycles. The Labute approximate surface area is 130 Å². The zero-order valence-corrected chi connectivity index (χ0v) is 12.6. The molecule has 4 nitrogen and oxygen atoms in total. The van der Waals surface area contributed by atoms with E-state index in [-0.39, 0.29) is 6.04 Å². The van der Waals surface area contributed by atoms with E-state index in [2.05, 4.69) is 44.5 Å². The van der Waals surface area contributed by atoms with Crippen LogP contribution in [-0.2, 0) is 0 Å². The van der Waals surface area contributed by atoms with Crippen molar-refractivity contribution >= 4 is 17.4 Å². The molecule has 1 aromatic heterocycles. The molecule has 1 aliphatic rings. The Hall–Kier alpha value is -1.65. The maximum Gasteiger partial charge on any atom is 0.149 e. The molecule has 1 saturated heterocycles. The second kappa shape index (κ2) is 6.87. The SMILES string of the molecule is Clc1cncc(NC(CN2CCCC2)c2ccccc2)n1. The topological polar surface area (TPSA) is 41.1 Å². The van der Waals surface area contributed by atoms with Gasteiger partial charge in [-0.2, -0.15) is 0 Å². The van der Waals surface area contributed by atoms with Crippen LogP contribution >= 0.6 is 11.6 Å². The van der Waals surface area contributed by atoms with Gasteiger partial charge in [0.25, 0.3) is 0 Å². The summed E-state index contributed by atoms with van der Waals surface area (Å²) in [6, 6.07) is 10.7. The summed E-state index contributed by atoms with van der Waals surface area (Å²) in [5.41, 5.74) is 1.26. The Morgan fingerprint density at radius 1 is 1.14 bits per heavy atom. The van der Waals surface area contributed by atoms with Crippen molar-refractivity contribution in [3.05, 3.63) is 53.4 Å².